The molecule has 3 N–H and O–H groups in total. The van der Waals surface area contributed by atoms with Gasteiger partial charge in [0.1, 0.15) is 0 Å². The number of aliphatic hydroxyl groups is 1. The summed E-state index contributed by atoms with van der Waals surface area (Å²) >= 11 is 1.46. The summed E-state index contributed by atoms with van der Waals surface area (Å²) in [5.41, 5.74) is 6.53. The Morgan fingerprint density at radius 3 is 2.23 bits per heavy atom. The van der Waals surface area contributed by atoms with E-state index in [1.165, 1.54) is 11.8 Å². The van der Waals surface area contributed by atoms with Crippen molar-refractivity contribution in [1.82, 2.24) is 5.32 Å². The van der Waals surface area contributed by atoms with E-state index in [1.54, 1.807) is 24.3 Å². The molecule has 1 fully saturated rings. The number of ether oxygens (including phenoxy) is 2. The summed E-state index contributed by atoms with van der Waals surface area (Å²) in [6.07, 6.45) is -0.543. The molecule has 1 aliphatic heterocycles. The fraction of sp³-hybridized carbons (Fsp3) is 0.179. The first-order valence-corrected chi connectivity index (χ1v) is 16.4. The van der Waals surface area contributed by atoms with Crippen molar-refractivity contribution in [3.8, 4) is 11.1 Å². The quantitative estimate of drug-likeness (QED) is 0.126. The lowest BCUT2D eigenvalue weighted by atomic mass is 9.99. The average molecular weight is 646 g/mol. The Hall–Kier alpha value is -4.73. The highest BCUT2D eigenvalue weighted by molar-refractivity contribution is 7.99. The Labute approximate surface area is 278 Å². The minimum atomic E-state index is -0.958. The van der Waals surface area contributed by atoms with Crippen LogP contribution in [0, 0.1) is 0 Å². The summed E-state index contributed by atoms with van der Waals surface area (Å²) in [5.74, 6) is -0.532. The Balaban J connectivity index is 1.21. The van der Waals surface area contributed by atoms with Crippen LogP contribution in [0.5, 0.6) is 0 Å². The van der Waals surface area contributed by atoms with Crippen LogP contribution in [0.4, 0.5) is 0 Å². The third kappa shape index (κ3) is 8.17. The van der Waals surface area contributed by atoms with E-state index in [0.717, 1.165) is 33.4 Å². The highest BCUT2D eigenvalue weighted by Crippen LogP contribution is 2.40. The van der Waals surface area contributed by atoms with E-state index in [1.807, 2.05) is 91.0 Å². The fourth-order valence-electron chi connectivity index (χ4n) is 5.57. The normalized spacial score (nSPS) is 17.6. The summed E-state index contributed by atoms with van der Waals surface area (Å²) in [5, 5.41) is 22.2. The van der Waals surface area contributed by atoms with Crippen molar-refractivity contribution in [3.05, 3.63) is 161 Å². The number of thioether (sulfide) groups is 1. The smallest absolute Gasteiger partial charge is 0.336 e. The zero-order chi connectivity index (χ0) is 32.6. The Bertz CT molecular complexity index is 1830. The summed E-state index contributed by atoms with van der Waals surface area (Å²) in [6.45, 7) is 0.365. The number of hydrogen-bond donors (Lipinski definition) is 3. The Kier molecular flexibility index (Phi) is 10.4. The molecule has 8 heteroatoms. The third-order valence-corrected chi connectivity index (χ3v) is 9.27. The topological polar surface area (TPSA) is 105 Å². The molecule has 1 saturated heterocycles. The molecule has 7 nitrogen and oxygen atoms in total. The van der Waals surface area contributed by atoms with E-state index in [-0.39, 0.29) is 30.3 Å². The van der Waals surface area contributed by atoms with Crippen LogP contribution < -0.4 is 5.32 Å². The van der Waals surface area contributed by atoms with Gasteiger partial charge in [-0.2, -0.15) is 0 Å². The number of carbonyl (C=O) groups is 2. The number of rotatable bonds is 11. The van der Waals surface area contributed by atoms with Crippen molar-refractivity contribution in [2.24, 2.45) is 0 Å². The predicted octanol–water partition coefficient (Wildman–Crippen LogP) is 7.81. The van der Waals surface area contributed by atoms with E-state index in [9.17, 15) is 19.8 Å². The van der Waals surface area contributed by atoms with E-state index >= 15 is 0 Å². The molecule has 238 valence electrons. The van der Waals surface area contributed by atoms with Gasteiger partial charge in [0.25, 0.3) is 5.91 Å². The molecule has 0 bridgehead atoms. The maximum atomic E-state index is 12.6. The Morgan fingerprint density at radius 1 is 0.745 bits per heavy atom. The SMILES string of the molecule is O=C(NCc1cccc(-c2cccc([C@H]3O[C@@H](CSc4ccccc4C(=O)O)C[C@@H](c4ccc(CO)cc4)O3)c2)c1)c1ccccc1. The predicted molar refractivity (Wildman–Crippen MR) is 182 cm³/mol. The van der Waals surface area contributed by atoms with Crippen molar-refractivity contribution in [3.63, 3.8) is 0 Å². The molecule has 1 amide bonds. The molecule has 5 aromatic rings. The number of amides is 1. The van der Waals surface area contributed by atoms with Crippen LogP contribution in [0.15, 0.2) is 132 Å². The van der Waals surface area contributed by atoms with Crippen molar-refractivity contribution in [2.75, 3.05) is 5.75 Å². The molecular weight excluding hydrogens is 610 g/mol. The van der Waals surface area contributed by atoms with Gasteiger partial charge in [-0.3, -0.25) is 4.79 Å². The molecule has 0 aromatic heterocycles. The largest absolute Gasteiger partial charge is 0.478 e. The molecule has 0 aliphatic carbocycles. The van der Waals surface area contributed by atoms with Gasteiger partial charge >= 0.3 is 5.97 Å². The molecule has 5 aromatic carbocycles. The van der Waals surface area contributed by atoms with Gasteiger partial charge in [0, 0.05) is 34.7 Å². The molecule has 3 atom stereocenters. The van der Waals surface area contributed by atoms with Crippen LogP contribution >= 0.6 is 11.8 Å². The van der Waals surface area contributed by atoms with Crippen molar-refractivity contribution in [1.29, 1.82) is 0 Å². The molecule has 0 spiro atoms. The van der Waals surface area contributed by atoms with Gasteiger partial charge in [0.2, 0.25) is 0 Å². The first kappa shape index (κ1) is 32.2. The fourth-order valence-corrected chi connectivity index (χ4v) is 6.64. The summed E-state index contributed by atoms with van der Waals surface area (Å²) in [7, 11) is 0. The van der Waals surface area contributed by atoms with Crippen LogP contribution in [0.3, 0.4) is 0 Å². The molecule has 1 aliphatic rings. The number of nitrogens with one attached hydrogen (secondary N) is 1. The van der Waals surface area contributed by atoms with Crippen LogP contribution in [0.25, 0.3) is 11.1 Å². The third-order valence-electron chi connectivity index (χ3n) is 8.07. The van der Waals surface area contributed by atoms with Gasteiger partial charge in [0.15, 0.2) is 6.29 Å². The molecular formula is C39H35NO6S. The maximum absolute atomic E-state index is 12.6. The van der Waals surface area contributed by atoms with Crippen LogP contribution in [0.2, 0.25) is 0 Å². The van der Waals surface area contributed by atoms with Gasteiger partial charge in [-0.05, 0) is 64.2 Å². The molecule has 6 rings (SSSR count). The lowest BCUT2D eigenvalue weighted by Gasteiger charge is -2.36. The second-order valence-electron chi connectivity index (χ2n) is 11.3. The highest BCUT2D eigenvalue weighted by Gasteiger charge is 2.32. The van der Waals surface area contributed by atoms with E-state index in [2.05, 4.69) is 17.4 Å². The maximum Gasteiger partial charge on any atom is 0.336 e. The number of carbonyl (C=O) groups excluding carboxylic acids is 1. The minimum absolute atomic E-state index is 0.0345. The lowest BCUT2D eigenvalue weighted by molar-refractivity contribution is -0.245. The number of hydrogen-bond acceptors (Lipinski definition) is 6. The van der Waals surface area contributed by atoms with Gasteiger partial charge < -0.3 is 25.0 Å². The van der Waals surface area contributed by atoms with Gasteiger partial charge in [0.05, 0.1) is 24.4 Å². The van der Waals surface area contributed by atoms with E-state index < -0.39 is 12.3 Å². The van der Waals surface area contributed by atoms with Gasteiger partial charge in [-0.25, -0.2) is 4.79 Å². The average Bonchev–Trinajstić information content (AvgIpc) is 3.13. The molecule has 47 heavy (non-hydrogen) atoms. The molecule has 1 heterocycles. The summed E-state index contributed by atoms with van der Waals surface area (Å²) < 4.78 is 13.1. The van der Waals surface area contributed by atoms with Crippen molar-refractivity contribution in [2.45, 2.75) is 43.0 Å². The highest BCUT2D eigenvalue weighted by atomic mass is 32.2. The second-order valence-corrected chi connectivity index (χ2v) is 12.4. The second kappa shape index (κ2) is 15.2. The summed E-state index contributed by atoms with van der Waals surface area (Å²) in [6, 6.07) is 40.0. The minimum Gasteiger partial charge on any atom is -0.478 e. The van der Waals surface area contributed by atoms with E-state index in [4.69, 9.17) is 9.47 Å². The van der Waals surface area contributed by atoms with Crippen LogP contribution in [-0.2, 0) is 22.6 Å². The first-order chi connectivity index (χ1) is 23.0. The number of aromatic carboxylic acids is 1. The Morgan fingerprint density at radius 2 is 1.47 bits per heavy atom. The van der Waals surface area contributed by atoms with Crippen molar-refractivity contribution >= 4 is 23.6 Å². The van der Waals surface area contributed by atoms with Crippen molar-refractivity contribution < 1.29 is 29.3 Å². The zero-order valence-electron chi connectivity index (χ0n) is 25.6. The molecule has 0 saturated carbocycles. The van der Waals surface area contributed by atoms with Crippen LogP contribution in [0.1, 0.15) is 61.8 Å². The lowest BCUT2D eigenvalue weighted by Crippen LogP contribution is -2.31. The number of benzene rings is 5. The number of aliphatic hydroxyl groups excluding tert-OH is 1. The van der Waals surface area contributed by atoms with E-state index in [0.29, 0.717) is 29.2 Å². The van der Waals surface area contributed by atoms with Crippen LogP contribution in [-0.4, -0.2) is 33.9 Å². The first-order valence-electron chi connectivity index (χ1n) is 15.4. The molecule has 0 radical (unpaired) electrons. The molecule has 0 unspecified atom stereocenters. The summed E-state index contributed by atoms with van der Waals surface area (Å²) in [4.78, 5) is 25.1. The van der Waals surface area contributed by atoms with Gasteiger partial charge in [-0.1, -0.05) is 91.0 Å². The monoisotopic (exact) mass is 645 g/mol. The zero-order valence-corrected chi connectivity index (χ0v) is 26.4. The number of carboxylic acid groups (broad SMARTS) is 1. The van der Waals surface area contributed by atoms with Gasteiger partial charge in [-0.15, -0.1) is 11.8 Å². The number of carboxylic acids is 1. The standard InChI is InChI=1S/C39H35NO6S/c41-24-26-16-18-28(19-17-26)35-22-33(25-47-36-15-5-4-14-34(36)38(43)44)45-39(46-35)32-13-7-12-31(21-32)30-11-6-8-27(20-30)23-40-37(42)29-9-2-1-3-10-29/h1-21,33,35,39,41H,22-25H2,(H,40,42)(H,43,44)/t33-,35+,39+/m1/s1.